The predicted octanol–water partition coefficient (Wildman–Crippen LogP) is 7.37. The zero-order valence-electron chi connectivity index (χ0n) is 22.7. The minimum absolute atomic E-state index is 0.00371. The Balaban J connectivity index is 2.34. The first-order valence-corrected chi connectivity index (χ1v) is 12.9. The number of carbonyl (C=O) groups is 3. The summed E-state index contributed by atoms with van der Waals surface area (Å²) >= 11 is 5.59. The second-order valence-electron chi connectivity index (χ2n) is 11.0. The first kappa shape index (κ1) is 30.4. The monoisotopic (exact) mass is 534 g/mol. The summed E-state index contributed by atoms with van der Waals surface area (Å²) in [5, 5.41) is 2.25. The lowest BCUT2D eigenvalue weighted by molar-refractivity contribution is -0.135. The molecule has 1 unspecified atom stereocenters. The van der Waals surface area contributed by atoms with E-state index in [1.54, 1.807) is 17.0 Å². The number of benzene rings is 2. The summed E-state index contributed by atoms with van der Waals surface area (Å²) in [4.78, 5) is 40.5. The highest BCUT2D eigenvalue weighted by molar-refractivity contribution is 6.31. The van der Waals surface area contributed by atoms with Crippen LogP contribution < -0.4 is 5.32 Å². The van der Waals surface area contributed by atoms with Gasteiger partial charge in [-0.2, -0.15) is 0 Å². The molecule has 0 aromatic heterocycles. The van der Waals surface area contributed by atoms with Crippen LogP contribution in [0.3, 0.4) is 0 Å². The second kappa shape index (κ2) is 12.6. The van der Waals surface area contributed by atoms with Crippen molar-refractivity contribution in [2.75, 3.05) is 18.4 Å². The molecule has 0 saturated heterocycles. The van der Waals surface area contributed by atoms with Crippen LogP contribution in [0.25, 0.3) is 11.1 Å². The summed E-state index contributed by atoms with van der Waals surface area (Å²) in [6.45, 7) is 14.0. The number of hydrogen-bond acceptors (Lipinski definition) is 3. The average molecular weight is 535 g/mol. The third-order valence-electron chi connectivity index (χ3n) is 6.06. The molecule has 0 saturated carbocycles. The smallest absolute Gasteiger partial charge is 0.229 e. The lowest BCUT2D eigenvalue weighted by Crippen LogP contribution is -2.43. The topological polar surface area (TPSA) is 66.5 Å². The number of anilines is 1. The second-order valence-corrected chi connectivity index (χ2v) is 11.4. The van der Waals surface area contributed by atoms with Crippen molar-refractivity contribution in [2.24, 2.45) is 17.3 Å². The Hall–Kier alpha value is -2.80. The maximum atomic E-state index is 14.0. The van der Waals surface area contributed by atoms with Gasteiger partial charge in [0.05, 0.1) is 11.6 Å². The predicted molar refractivity (Wildman–Crippen MR) is 145 cm³/mol. The van der Waals surface area contributed by atoms with Gasteiger partial charge in [-0.3, -0.25) is 14.4 Å². The highest BCUT2D eigenvalue weighted by Crippen LogP contribution is 2.31. The third-order valence-corrected chi connectivity index (χ3v) is 6.42. The Kier molecular flexibility index (Phi) is 10.4. The van der Waals surface area contributed by atoms with Crippen molar-refractivity contribution in [3.05, 3.63) is 52.6 Å². The highest BCUT2D eigenvalue weighted by atomic mass is 35.5. The van der Waals surface area contributed by atoms with Gasteiger partial charge in [0, 0.05) is 25.1 Å². The molecule has 0 heterocycles. The van der Waals surface area contributed by atoms with Crippen molar-refractivity contribution in [2.45, 2.75) is 61.3 Å². The number of halogens is 3. The van der Waals surface area contributed by atoms with E-state index < -0.39 is 22.6 Å². The molecule has 2 aromatic carbocycles. The fourth-order valence-electron chi connectivity index (χ4n) is 4.06. The Morgan fingerprint density at radius 3 is 2.11 bits per heavy atom. The Bertz CT molecular complexity index is 1140. The van der Waals surface area contributed by atoms with E-state index in [1.807, 2.05) is 41.5 Å². The quantitative estimate of drug-likeness (QED) is 0.255. The van der Waals surface area contributed by atoms with Crippen molar-refractivity contribution in [1.82, 2.24) is 4.90 Å². The van der Waals surface area contributed by atoms with E-state index in [2.05, 4.69) is 5.32 Å². The zero-order chi connectivity index (χ0) is 28.1. The Labute approximate surface area is 223 Å². The molecular formula is C29H37ClF2N2O3. The molecule has 2 rings (SSSR count). The molecule has 0 aliphatic carbocycles. The lowest BCUT2D eigenvalue weighted by Gasteiger charge is -2.31. The summed E-state index contributed by atoms with van der Waals surface area (Å²) in [5.41, 5.74) is 0.947. The van der Waals surface area contributed by atoms with Crippen molar-refractivity contribution >= 4 is 34.9 Å². The normalized spacial score (nSPS) is 12.4. The van der Waals surface area contributed by atoms with Crippen LogP contribution in [0.5, 0.6) is 0 Å². The first-order valence-electron chi connectivity index (χ1n) is 12.5. The number of carbonyl (C=O) groups excluding carboxylic acids is 3. The summed E-state index contributed by atoms with van der Waals surface area (Å²) in [6.07, 6.45) is 1.14. The van der Waals surface area contributed by atoms with Crippen LogP contribution in [0.1, 0.15) is 71.7 Å². The van der Waals surface area contributed by atoms with E-state index in [-0.39, 0.29) is 46.6 Å². The number of hydrogen-bond donors (Lipinski definition) is 1. The highest BCUT2D eigenvalue weighted by Gasteiger charge is 2.29. The van der Waals surface area contributed by atoms with E-state index in [0.29, 0.717) is 24.2 Å². The van der Waals surface area contributed by atoms with Gasteiger partial charge >= 0.3 is 0 Å². The summed E-state index contributed by atoms with van der Waals surface area (Å²) in [6, 6.07) is 6.79. The number of rotatable bonds is 10. The van der Waals surface area contributed by atoms with Crippen molar-refractivity contribution < 1.29 is 23.2 Å². The first-order chi connectivity index (χ1) is 17.1. The van der Waals surface area contributed by atoms with E-state index in [4.69, 9.17) is 11.6 Å². The third kappa shape index (κ3) is 8.35. The van der Waals surface area contributed by atoms with E-state index >= 15 is 0 Å². The summed E-state index contributed by atoms with van der Waals surface area (Å²) < 4.78 is 28.0. The van der Waals surface area contributed by atoms with Crippen molar-refractivity contribution in [3.8, 4) is 11.1 Å². The van der Waals surface area contributed by atoms with Gasteiger partial charge in [0.1, 0.15) is 16.7 Å². The van der Waals surface area contributed by atoms with Crippen molar-refractivity contribution in [3.63, 3.8) is 0 Å². The van der Waals surface area contributed by atoms with Crippen LogP contribution in [0.4, 0.5) is 14.5 Å². The maximum absolute atomic E-state index is 14.0. The standard InChI is InChI=1S/C29H37ClF2N2O3/c1-8-11-34(26(36)15-29(5,6)7)16-22(17(2)3)28(37)33-25-10-9-19(12-21(25)18(4)35)20-13-23(31)27(30)24(32)14-20/h9-10,12-14,17,22H,8,11,15-16H2,1-7H3,(H,33,37). The van der Waals surface area contributed by atoms with Gasteiger partial charge in [-0.1, -0.05) is 59.2 Å². The Morgan fingerprint density at radius 1 is 1.03 bits per heavy atom. The number of ketones is 1. The molecule has 8 heteroatoms. The fourth-order valence-corrected chi connectivity index (χ4v) is 4.17. The molecule has 1 N–H and O–H groups in total. The molecular weight excluding hydrogens is 498 g/mol. The SMILES string of the molecule is CCCN(CC(C(=O)Nc1ccc(-c2cc(F)c(Cl)c(F)c2)cc1C(C)=O)C(C)C)C(=O)CC(C)(C)C. The average Bonchev–Trinajstić information content (AvgIpc) is 2.78. The number of nitrogens with one attached hydrogen (secondary N) is 1. The Morgan fingerprint density at radius 2 is 1.62 bits per heavy atom. The van der Waals surface area contributed by atoms with E-state index in [0.717, 1.165) is 18.6 Å². The molecule has 0 bridgehead atoms. The van der Waals surface area contributed by atoms with Crippen LogP contribution in [0, 0.1) is 28.9 Å². The molecule has 0 aliphatic heterocycles. The minimum Gasteiger partial charge on any atom is -0.342 e. The molecule has 0 radical (unpaired) electrons. The number of Topliss-reactive ketones (excluding diaryl/α,β-unsaturated/α-hetero) is 1. The van der Waals surface area contributed by atoms with Gasteiger partial charge in [-0.05, 0) is 60.1 Å². The molecule has 37 heavy (non-hydrogen) atoms. The number of nitrogens with zero attached hydrogens (tertiary/aromatic N) is 1. The molecule has 0 aliphatic rings. The molecule has 5 nitrogen and oxygen atoms in total. The molecule has 2 aromatic rings. The van der Waals surface area contributed by atoms with E-state index in [1.165, 1.54) is 13.0 Å². The maximum Gasteiger partial charge on any atom is 0.229 e. The zero-order valence-corrected chi connectivity index (χ0v) is 23.4. The van der Waals surface area contributed by atoms with Crippen LogP contribution in [0.15, 0.2) is 30.3 Å². The summed E-state index contributed by atoms with van der Waals surface area (Å²) in [5.74, 6) is -3.01. The van der Waals surface area contributed by atoms with Gasteiger partial charge in [0.2, 0.25) is 11.8 Å². The molecule has 0 fully saturated rings. The molecule has 202 valence electrons. The van der Waals surface area contributed by atoms with Crippen LogP contribution in [0.2, 0.25) is 5.02 Å². The summed E-state index contributed by atoms with van der Waals surface area (Å²) in [7, 11) is 0. The molecule has 1 atom stereocenters. The van der Waals surface area contributed by atoms with Gasteiger partial charge in [0.15, 0.2) is 5.78 Å². The van der Waals surface area contributed by atoms with Gasteiger partial charge < -0.3 is 10.2 Å². The van der Waals surface area contributed by atoms with Gasteiger partial charge in [-0.15, -0.1) is 0 Å². The van der Waals surface area contributed by atoms with E-state index in [9.17, 15) is 23.2 Å². The lowest BCUT2D eigenvalue weighted by atomic mass is 9.90. The van der Waals surface area contributed by atoms with Gasteiger partial charge in [-0.25, -0.2) is 8.78 Å². The van der Waals surface area contributed by atoms with Crippen LogP contribution in [-0.4, -0.2) is 35.6 Å². The minimum atomic E-state index is -0.907. The fraction of sp³-hybridized carbons (Fsp3) is 0.483. The van der Waals surface area contributed by atoms with Crippen molar-refractivity contribution in [1.29, 1.82) is 0 Å². The van der Waals surface area contributed by atoms with Crippen LogP contribution in [-0.2, 0) is 9.59 Å². The number of amides is 2. The van der Waals surface area contributed by atoms with Crippen LogP contribution >= 0.6 is 11.6 Å². The molecule has 2 amide bonds. The largest absolute Gasteiger partial charge is 0.342 e. The van der Waals surface area contributed by atoms with Gasteiger partial charge in [0.25, 0.3) is 0 Å². The molecule has 0 spiro atoms.